The summed E-state index contributed by atoms with van der Waals surface area (Å²) in [7, 11) is 0. The average Bonchev–Trinajstić information content (AvgIpc) is 1.65. The molecule has 4 heteroatoms. The Labute approximate surface area is 80.7 Å². The zero-order chi connectivity index (χ0) is 5.86. The maximum Gasteiger partial charge on any atom is 2.00 e. The van der Waals surface area contributed by atoms with Gasteiger partial charge in [0.2, 0.25) is 0 Å². The van der Waals surface area contributed by atoms with Gasteiger partial charge in [0.25, 0.3) is 0 Å². The monoisotopic (exact) mass is 146 g/mol. The van der Waals surface area contributed by atoms with Gasteiger partial charge in [0.1, 0.15) is 0 Å². The maximum atomic E-state index is 9.68. The van der Waals surface area contributed by atoms with Crippen LogP contribution in [0.25, 0.3) is 0 Å². The minimum Gasteiger partial charge on any atom is -1.00 e. The SMILES string of the molecule is CCC(O)C(=O)O.[Ca+2].[H-].[H-]. The smallest absolute Gasteiger partial charge is 1.00 e. The molecule has 0 aromatic heterocycles. The van der Waals surface area contributed by atoms with Gasteiger partial charge in [-0.15, -0.1) is 0 Å². The molecule has 0 aliphatic carbocycles. The van der Waals surface area contributed by atoms with E-state index < -0.39 is 12.1 Å². The van der Waals surface area contributed by atoms with Gasteiger partial charge < -0.3 is 13.1 Å². The van der Waals surface area contributed by atoms with Crippen LogP contribution in [0.4, 0.5) is 0 Å². The van der Waals surface area contributed by atoms with Crippen molar-refractivity contribution in [2.24, 2.45) is 0 Å². The topological polar surface area (TPSA) is 57.5 Å². The second kappa shape index (κ2) is 5.82. The quantitative estimate of drug-likeness (QED) is 0.525. The molecule has 1 unspecified atom stereocenters. The van der Waals surface area contributed by atoms with Crippen molar-refractivity contribution in [3.63, 3.8) is 0 Å². The molecule has 0 saturated carbocycles. The summed E-state index contributed by atoms with van der Waals surface area (Å²) in [6, 6.07) is 0. The number of hydrogen-bond acceptors (Lipinski definition) is 2. The van der Waals surface area contributed by atoms with E-state index in [1.165, 1.54) is 0 Å². The summed E-state index contributed by atoms with van der Waals surface area (Å²) in [4.78, 5) is 9.68. The Morgan fingerprint density at radius 3 is 2.25 bits per heavy atom. The summed E-state index contributed by atoms with van der Waals surface area (Å²) in [5.41, 5.74) is 0. The summed E-state index contributed by atoms with van der Waals surface area (Å²) in [5.74, 6) is -1.15. The van der Waals surface area contributed by atoms with Crippen molar-refractivity contribution >= 4 is 43.7 Å². The third-order valence-corrected chi connectivity index (χ3v) is 0.672. The van der Waals surface area contributed by atoms with Crippen LogP contribution in [-0.2, 0) is 4.79 Å². The number of aliphatic hydroxyl groups is 1. The Morgan fingerprint density at radius 1 is 1.88 bits per heavy atom. The number of carbonyl (C=O) groups is 1. The molecule has 1 atom stereocenters. The first-order valence-corrected chi connectivity index (χ1v) is 2.09. The number of rotatable bonds is 2. The van der Waals surface area contributed by atoms with E-state index in [1.807, 2.05) is 0 Å². The molecule has 0 amide bonds. The van der Waals surface area contributed by atoms with Gasteiger partial charge in [-0.25, -0.2) is 4.79 Å². The molecule has 0 fully saturated rings. The number of aliphatic carboxylic acids is 1. The summed E-state index contributed by atoms with van der Waals surface area (Å²) in [6.07, 6.45) is -0.907. The van der Waals surface area contributed by atoms with Crippen molar-refractivity contribution < 1.29 is 17.9 Å². The fraction of sp³-hybridized carbons (Fsp3) is 0.750. The van der Waals surface area contributed by atoms with E-state index in [0.29, 0.717) is 0 Å². The fourth-order valence-corrected chi connectivity index (χ4v) is 0.175. The molecule has 2 N–H and O–H groups in total. The van der Waals surface area contributed by atoms with Crippen molar-refractivity contribution in [3.05, 3.63) is 0 Å². The Morgan fingerprint density at radius 2 is 2.25 bits per heavy atom. The predicted octanol–water partition coefficient (Wildman–Crippen LogP) is -0.314. The molecule has 46 valence electrons. The third-order valence-electron chi connectivity index (χ3n) is 0.672. The number of hydrogen-bond donors (Lipinski definition) is 2. The van der Waals surface area contributed by atoms with Crippen LogP contribution in [0.3, 0.4) is 0 Å². The van der Waals surface area contributed by atoms with E-state index in [4.69, 9.17) is 10.2 Å². The molecule has 0 bridgehead atoms. The van der Waals surface area contributed by atoms with E-state index in [1.54, 1.807) is 6.92 Å². The minimum absolute atomic E-state index is 0. The average molecular weight is 146 g/mol. The van der Waals surface area contributed by atoms with Crippen LogP contribution in [0, 0.1) is 0 Å². The fourth-order valence-electron chi connectivity index (χ4n) is 0.175. The number of carboxylic acid groups (broad SMARTS) is 1. The van der Waals surface area contributed by atoms with Crippen LogP contribution in [0.5, 0.6) is 0 Å². The Hall–Kier alpha value is 0.690. The van der Waals surface area contributed by atoms with E-state index in [0.717, 1.165) is 0 Å². The molecule has 0 aromatic rings. The van der Waals surface area contributed by atoms with E-state index >= 15 is 0 Å². The standard InChI is InChI=1S/C4H8O3.Ca.2H/c1-2-3(5)4(6)7;;;/h3,5H,2H2,1H3,(H,6,7);;;/q;+2;2*-1. The van der Waals surface area contributed by atoms with Crippen LogP contribution in [0.15, 0.2) is 0 Å². The molecule has 0 aromatic carbocycles. The van der Waals surface area contributed by atoms with E-state index in [-0.39, 0.29) is 47.0 Å². The molecule has 0 saturated heterocycles. The van der Waals surface area contributed by atoms with Gasteiger partial charge in [-0.1, -0.05) is 6.92 Å². The second-order valence-corrected chi connectivity index (χ2v) is 1.26. The normalized spacial score (nSPS) is 11.8. The Bertz CT molecular complexity index is 80.9. The molecule has 0 rings (SSSR count). The van der Waals surface area contributed by atoms with Crippen molar-refractivity contribution in [1.29, 1.82) is 0 Å². The molecule has 3 nitrogen and oxygen atoms in total. The van der Waals surface area contributed by atoms with Gasteiger partial charge in [-0.05, 0) is 6.42 Å². The van der Waals surface area contributed by atoms with Crippen LogP contribution < -0.4 is 0 Å². The minimum atomic E-state index is -1.18. The van der Waals surface area contributed by atoms with Gasteiger partial charge in [0.05, 0.1) is 0 Å². The first kappa shape index (κ1) is 11.5. The first-order valence-electron chi connectivity index (χ1n) is 2.09. The molecule has 0 heterocycles. The van der Waals surface area contributed by atoms with Crippen molar-refractivity contribution in [2.45, 2.75) is 19.4 Å². The summed E-state index contributed by atoms with van der Waals surface area (Å²) < 4.78 is 0. The van der Waals surface area contributed by atoms with E-state index in [9.17, 15) is 4.79 Å². The summed E-state index contributed by atoms with van der Waals surface area (Å²) in [6.45, 7) is 1.61. The predicted molar refractivity (Wildman–Crippen MR) is 31.9 cm³/mol. The van der Waals surface area contributed by atoms with Crippen LogP contribution in [0.1, 0.15) is 16.2 Å². The molecular weight excluding hydrogens is 136 g/mol. The maximum absolute atomic E-state index is 9.68. The second-order valence-electron chi connectivity index (χ2n) is 1.26. The van der Waals surface area contributed by atoms with Crippen LogP contribution >= 0.6 is 0 Å². The molecule has 0 radical (unpaired) electrons. The molecule has 0 aliphatic rings. The van der Waals surface area contributed by atoms with Crippen LogP contribution in [-0.4, -0.2) is 60.0 Å². The molecular formula is C4H10CaO3. The zero-order valence-electron chi connectivity index (χ0n) is 6.79. The van der Waals surface area contributed by atoms with Gasteiger partial charge >= 0.3 is 43.7 Å². The number of aliphatic hydroxyl groups excluding tert-OH is 1. The zero-order valence-corrected chi connectivity index (χ0v) is 7.00. The van der Waals surface area contributed by atoms with E-state index in [2.05, 4.69) is 0 Å². The molecule has 8 heavy (non-hydrogen) atoms. The number of carboxylic acids is 1. The van der Waals surface area contributed by atoms with Crippen molar-refractivity contribution in [1.82, 2.24) is 0 Å². The van der Waals surface area contributed by atoms with Gasteiger partial charge in [0, 0.05) is 0 Å². The summed E-state index contributed by atoms with van der Waals surface area (Å²) in [5, 5.41) is 16.3. The first-order chi connectivity index (χ1) is 3.18. The van der Waals surface area contributed by atoms with Crippen molar-refractivity contribution in [3.8, 4) is 0 Å². The van der Waals surface area contributed by atoms with Gasteiger partial charge in [-0.2, -0.15) is 0 Å². The largest absolute Gasteiger partial charge is 2.00 e. The Kier molecular flexibility index (Phi) is 8.35. The van der Waals surface area contributed by atoms with Crippen molar-refractivity contribution in [2.75, 3.05) is 0 Å². The third kappa shape index (κ3) is 4.84. The van der Waals surface area contributed by atoms with Gasteiger partial charge in [0.15, 0.2) is 6.10 Å². The molecule has 0 aliphatic heterocycles. The molecule has 0 spiro atoms. The van der Waals surface area contributed by atoms with Crippen LogP contribution in [0.2, 0.25) is 0 Å². The van der Waals surface area contributed by atoms with Gasteiger partial charge in [-0.3, -0.25) is 0 Å². The Balaban J connectivity index is -0.0000000600. The summed E-state index contributed by atoms with van der Waals surface area (Å²) >= 11 is 0.